The van der Waals surface area contributed by atoms with Crippen LogP contribution in [0.5, 0.6) is 5.75 Å². The lowest BCUT2D eigenvalue weighted by Crippen LogP contribution is -2.07. The van der Waals surface area contributed by atoms with Crippen LogP contribution < -0.4 is 4.52 Å². The third-order valence-electron chi connectivity index (χ3n) is 2.03. The van der Waals surface area contributed by atoms with E-state index in [1.165, 1.54) is 0 Å². The summed E-state index contributed by atoms with van der Waals surface area (Å²) < 4.78 is 64.7. The Balaban J connectivity index is 3.06. The van der Waals surface area contributed by atoms with Gasteiger partial charge in [0.1, 0.15) is 5.75 Å². The number of hydrogen-bond donors (Lipinski definition) is 0. The van der Waals surface area contributed by atoms with E-state index < -0.39 is 24.6 Å². The van der Waals surface area contributed by atoms with E-state index in [9.17, 15) is 17.7 Å². The van der Waals surface area contributed by atoms with E-state index in [4.69, 9.17) is 25.2 Å². The van der Waals surface area contributed by atoms with Crippen LogP contribution in [0.4, 0.5) is 13.2 Å². The Morgan fingerprint density at radius 1 is 1.20 bits per heavy atom. The molecule has 0 atom stereocenters. The van der Waals surface area contributed by atoms with Crippen molar-refractivity contribution in [1.29, 1.82) is 0 Å². The molecule has 0 fully saturated rings. The molecule has 1 aromatic carbocycles. The lowest BCUT2D eigenvalue weighted by molar-refractivity contribution is -0.137. The molecule has 20 heavy (non-hydrogen) atoms. The van der Waals surface area contributed by atoms with Gasteiger partial charge in [-0.25, -0.2) is 4.57 Å². The molecule has 0 radical (unpaired) electrons. The van der Waals surface area contributed by atoms with Crippen LogP contribution in [0.3, 0.4) is 0 Å². The number of alkyl halides is 3. The normalized spacial score (nSPS) is 12.5. The van der Waals surface area contributed by atoms with E-state index in [1.54, 1.807) is 13.8 Å². The topological polar surface area (TPSA) is 44.8 Å². The molecule has 0 amide bonds. The number of benzene rings is 1. The van der Waals surface area contributed by atoms with Crippen molar-refractivity contribution in [2.24, 2.45) is 0 Å². The molecule has 0 saturated carbocycles. The Morgan fingerprint density at radius 2 is 1.75 bits per heavy atom. The van der Waals surface area contributed by atoms with Crippen molar-refractivity contribution in [1.82, 2.24) is 0 Å². The van der Waals surface area contributed by atoms with Crippen molar-refractivity contribution < 1.29 is 31.3 Å². The zero-order valence-electron chi connectivity index (χ0n) is 10.7. The van der Waals surface area contributed by atoms with Gasteiger partial charge in [0.05, 0.1) is 23.8 Å². The Hall–Kier alpha value is -0.750. The summed E-state index contributed by atoms with van der Waals surface area (Å²) in [5, 5.41) is -0.479. The summed E-state index contributed by atoms with van der Waals surface area (Å²) >= 11 is 5.47. The molecule has 0 N–H and O–H groups in total. The number of halogens is 4. The summed E-state index contributed by atoms with van der Waals surface area (Å²) in [6.07, 6.45) is -4.64. The third-order valence-corrected chi connectivity index (χ3v) is 3.95. The smallest absolute Gasteiger partial charge is 0.404 e. The summed E-state index contributed by atoms with van der Waals surface area (Å²) in [5.41, 5.74) is -1.09. The zero-order valence-corrected chi connectivity index (χ0v) is 12.4. The van der Waals surface area contributed by atoms with E-state index in [0.717, 1.165) is 12.1 Å². The molecule has 9 heteroatoms. The van der Waals surface area contributed by atoms with Crippen molar-refractivity contribution in [3.05, 3.63) is 28.8 Å². The van der Waals surface area contributed by atoms with E-state index in [0.29, 0.717) is 6.07 Å². The fourth-order valence-corrected chi connectivity index (χ4v) is 2.72. The van der Waals surface area contributed by atoms with Gasteiger partial charge in [-0.2, -0.15) is 13.2 Å². The molecule has 4 nitrogen and oxygen atoms in total. The van der Waals surface area contributed by atoms with Crippen LogP contribution in [0.15, 0.2) is 18.2 Å². The summed E-state index contributed by atoms with van der Waals surface area (Å²) in [5.74, 6) is -0.299. The first-order valence-electron chi connectivity index (χ1n) is 5.67. The highest BCUT2D eigenvalue weighted by Crippen LogP contribution is 2.50. The Bertz CT molecular complexity index is 497. The van der Waals surface area contributed by atoms with Crippen molar-refractivity contribution >= 4 is 19.4 Å². The van der Waals surface area contributed by atoms with Gasteiger partial charge < -0.3 is 4.52 Å². The minimum absolute atomic E-state index is 0.0248. The second kappa shape index (κ2) is 6.80. The van der Waals surface area contributed by atoms with Gasteiger partial charge in [0.15, 0.2) is 0 Å². The number of phosphoric ester groups is 1. The van der Waals surface area contributed by atoms with Gasteiger partial charge in [-0.1, -0.05) is 11.6 Å². The molecule has 1 aromatic rings. The SMILES string of the molecule is CCOP(=O)(OCC)Oc1ccc(Cl)c(C(F)(F)F)c1. The molecule has 0 aliphatic rings. The van der Waals surface area contributed by atoms with Gasteiger partial charge in [-0.15, -0.1) is 0 Å². The van der Waals surface area contributed by atoms with Crippen LogP contribution >= 0.6 is 19.4 Å². The van der Waals surface area contributed by atoms with Crippen LogP contribution in [0.25, 0.3) is 0 Å². The van der Waals surface area contributed by atoms with E-state index in [-0.39, 0.29) is 19.0 Å². The molecule has 0 bridgehead atoms. The zero-order chi connectivity index (χ0) is 15.4. The van der Waals surface area contributed by atoms with Crippen molar-refractivity contribution in [2.45, 2.75) is 20.0 Å². The Labute approximate surface area is 119 Å². The van der Waals surface area contributed by atoms with E-state index in [2.05, 4.69) is 0 Å². The van der Waals surface area contributed by atoms with Gasteiger partial charge in [0.25, 0.3) is 0 Å². The second-order valence-corrected chi connectivity index (χ2v) is 5.51. The average molecular weight is 333 g/mol. The molecule has 0 aliphatic heterocycles. The van der Waals surface area contributed by atoms with Gasteiger partial charge in [0, 0.05) is 0 Å². The van der Waals surface area contributed by atoms with Gasteiger partial charge in [-0.05, 0) is 32.0 Å². The fraction of sp³-hybridized carbons (Fsp3) is 0.455. The molecule has 114 valence electrons. The first-order valence-corrected chi connectivity index (χ1v) is 7.51. The molecule has 0 saturated heterocycles. The molecule has 1 rings (SSSR count). The highest BCUT2D eigenvalue weighted by atomic mass is 35.5. The molecule has 0 unspecified atom stereocenters. The largest absolute Gasteiger partial charge is 0.530 e. The van der Waals surface area contributed by atoms with Gasteiger partial charge in [-0.3, -0.25) is 9.05 Å². The minimum atomic E-state index is -4.64. The summed E-state index contributed by atoms with van der Waals surface area (Å²) in [6, 6.07) is 2.80. The third kappa shape index (κ3) is 4.66. The predicted octanol–water partition coefficient (Wildman–Crippen LogP) is 4.92. The standard InChI is InChI=1S/C11H13ClF3O4P/c1-3-17-20(16,18-4-2)19-8-5-6-10(12)9(7-8)11(13,14)15/h5-7H,3-4H2,1-2H3. The lowest BCUT2D eigenvalue weighted by Gasteiger charge is -2.18. The monoisotopic (exact) mass is 332 g/mol. The highest BCUT2D eigenvalue weighted by molar-refractivity contribution is 7.48. The first kappa shape index (κ1) is 17.3. The first-order chi connectivity index (χ1) is 9.22. The number of phosphoric acid groups is 1. The van der Waals surface area contributed by atoms with Crippen molar-refractivity contribution in [2.75, 3.05) is 13.2 Å². The van der Waals surface area contributed by atoms with E-state index >= 15 is 0 Å². The van der Waals surface area contributed by atoms with Crippen molar-refractivity contribution in [3.8, 4) is 5.75 Å². The number of rotatable bonds is 6. The Kier molecular flexibility index (Phi) is 5.89. The number of hydrogen-bond acceptors (Lipinski definition) is 4. The van der Waals surface area contributed by atoms with Crippen LogP contribution in [0, 0.1) is 0 Å². The molecule has 0 spiro atoms. The molecule has 0 heterocycles. The maximum absolute atomic E-state index is 12.7. The van der Waals surface area contributed by atoms with Crippen molar-refractivity contribution in [3.63, 3.8) is 0 Å². The highest BCUT2D eigenvalue weighted by Gasteiger charge is 2.35. The summed E-state index contributed by atoms with van der Waals surface area (Å²) in [4.78, 5) is 0. The Morgan fingerprint density at radius 3 is 2.20 bits per heavy atom. The molecule has 0 aromatic heterocycles. The molecule has 0 aliphatic carbocycles. The predicted molar refractivity (Wildman–Crippen MR) is 67.9 cm³/mol. The van der Waals surface area contributed by atoms with Crippen LogP contribution in [0.1, 0.15) is 19.4 Å². The lowest BCUT2D eigenvalue weighted by atomic mass is 10.2. The second-order valence-electron chi connectivity index (χ2n) is 3.51. The van der Waals surface area contributed by atoms with Crippen LogP contribution in [-0.4, -0.2) is 13.2 Å². The van der Waals surface area contributed by atoms with Crippen LogP contribution in [-0.2, 0) is 19.8 Å². The van der Waals surface area contributed by atoms with Gasteiger partial charge >= 0.3 is 14.0 Å². The minimum Gasteiger partial charge on any atom is -0.404 e. The van der Waals surface area contributed by atoms with Gasteiger partial charge in [0.2, 0.25) is 0 Å². The summed E-state index contributed by atoms with van der Waals surface area (Å²) in [7, 11) is -3.94. The van der Waals surface area contributed by atoms with E-state index in [1.807, 2.05) is 0 Å². The molecular formula is C11H13ClF3O4P. The maximum Gasteiger partial charge on any atom is 0.530 e. The summed E-state index contributed by atoms with van der Waals surface area (Å²) in [6.45, 7) is 3.16. The fourth-order valence-electron chi connectivity index (χ4n) is 1.31. The maximum atomic E-state index is 12.7. The average Bonchev–Trinajstić information content (AvgIpc) is 2.30. The quantitative estimate of drug-likeness (QED) is 0.694. The molecular weight excluding hydrogens is 320 g/mol. The van der Waals surface area contributed by atoms with Crippen LogP contribution in [0.2, 0.25) is 5.02 Å².